The third-order valence-corrected chi connectivity index (χ3v) is 6.91. The number of guanidine groups is 1. The van der Waals surface area contributed by atoms with Gasteiger partial charge in [0.25, 0.3) is 0 Å². The van der Waals surface area contributed by atoms with Gasteiger partial charge in [0.05, 0.1) is 17.9 Å². The van der Waals surface area contributed by atoms with Crippen LogP contribution in [0.15, 0.2) is 17.1 Å². The van der Waals surface area contributed by atoms with Gasteiger partial charge in [0.15, 0.2) is 5.96 Å². The number of ether oxygens (including phenoxy) is 1. The third kappa shape index (κ3) is 4.34. The van der Waals surface area contributed by atoms with Gasteiger partial charge in [-0.15, -0.1) is 0 Å². The van der Waals surface area contributed by atoms with Crippen LogP contribution in [0.3, 0.4) is 0 Å². The molecule has 1 aliphatic heterocycles. The summed E-state index contributed by atoms with van der Waals surface area (Å²) in [7, 11) is 1.75. The zero-order chi connectivity index (χ0) is 20.2. The molecule has 29 heavy (non-hydrogen) atoms. The summed E-state index contributed by atoms with van der Waals surface area (Å²) in [6.45, 7) is 2.76. The number of hydrogen-bond acceptors (Lipinski definition) is 4. The van der Waals surface area contributed by atoms with Crippen LogP contribution in [0, 0.1) is 23.7 Å². The van der Waals surface area contributed by atoms with Gasteiger partial charge in [0, 0.05) is 33.3 Å². The number of nitrogens with zero attached hydrogens (tertiary/aromatic N) is 2. The summed E-state index contributed by atoms with van der Waals surface area (Å²) in [5.41, 5.74) is 0. The van der Waals surface area contributed by atoms with Crippen LogP contribution in [0.1, 0.15) is 44.9 Å². The van der Waals surface area contributed by atoms with Crippen molar-refractivity contribution in [3.8, 4) is 0 Å². The standard InChI is InChI=1S/C22H34N4O3/c1-23-22(25-11-5-13-29-17-6-2-3-7-17)24-10-4-12-26-20(27)18-15-8-9-16(14-15)19(18)21(26)28/h8-9,15-19H,2-7,10-14H2,1H3,(H2,23,24,25). The second-order valence-corrected chi connectivity index (χ2v) is 8.74. The first-order valence-electron chi connectivity index (χ1n) is 11.3. The van der Waals surface area contributed by atoms with Gasteiger partial charge in [-0.25, -0.2) is 0 Å². The quantitative estimate of drug-likeness (QED) is 0.202. The number of aliphatic imine (C=N–C) groups is 1. The van der Waals surface area contributed by atoms with E-state index in [-0.39, 0.29) is 35.5 Å². The Balaban J connectivity index is 1.10. The Labute approximate surface area is 173 Å². The van der Waals surface area contributed by atoms with Crippen LogP contribution in [-0.4, -0.2) is 62.1 Å². The molecule has 2 amide bonds. The predicted molar refractivity (Wildman–Crippen MR) is 111 cm³/mol. The molecule has 2 saturated carbocycles. The molecule has 4 rings (SSSR count). The Morgan fingerprint density at radius 3 is 2.31 bits per heavy atom. The first kappa shape index (κ1) is 20.4. The summed E-state index contributed by atoms with van der Waals surface area (Å²) in [6, 6.07) is 0. The van der Waals surface area contributed by atoms with Crippen LogP contribution < -0.4 is 10.6 Å². The van der Waals surface area contributed by atoms with E-state index in [1.54, 1.807) is 7.05 Å². The lowest BCUT2D eigenvalue weighted by Gasteiger charge is -2.18. The van der Waals surface area contributed by atoms with Crippen molar-refractivity contribution >= 4 is 17.8 Å². The van der Waals surface area contributed by atoms with Gasteiger partial charge in [-0.3, -0.25) is 19.5 Å². The highest BCUT2D eigenvalue weighted by atomic mass is 16.5. The number of imide groups is 1. The molecule has 7 nitrogen and oxygen atoms in total. The Morgan fingerprint density at radius 1 is 1.07 bits per heavy atom. The fraction of sp³-hybridized carbons (Fsp3) is 0.773. The van der Waals surface area contributed by atoms with Crippen LogP contribution in [0.5, 0.6) is 0 Å². The highest BCUT2D eigenvalue weighted by Gasteiger charge is 2.58. The third-order valence-electron chi connectivity index (χ3n) is 6.91. The zero-order valence-electron chi connectivity index (χ0n) is 17.4. The average Bonchev–Trinajstić information content (AvgIpc) is 3.50. The SMILES string of the molecule is CN=C(NCCCOC1CCCC1)NCCCN1C(=O)C2C3C=CC(C3)C2C1=O. The average molecular weight is 403 g/mol. The highest BCUT2D eigenvalue weighted by molar-refractivity contribution is 6.06. The first-order chi connectivity index (χ1) is 14.2. The maximum Gasteiger partial charge on any atom is 0.233 e. The van der Waals surface area contributed by atoms with E-state index >= 15 is 0 Å². The maximum atomic E-state index is 12.7. The number of carbonyl (C=O) groups excluding carboxylic acids is 2. The molecule has 4 atom stereocenters. The lowest BCUT2D eigenvalue weighted by molar-refractivity contribution is -0.140. The van der Waals surface area contributed by atoms with Crippen molar-refractivity contribution in [2.24, 2.45) is 28.7 Å². The van der Waals surface area contributed by atoms with E-state index in [1.165, 1.54) is 30.6 Å². The van der Waals surface area contributed by atoms with E-state index < -0.39 is 0 Å². The topological polar surface area (TPSA) is 83.0 Å². The lowest BCUT2D eigenvalue weighted by Crippen LogP contribution is -2.40. The molecule has 0 radical (unpaired) electrons. The predicted octanol–water partition coefficient (Wildman–Crippen LogP) is 1.70. The molecule has 0 aromatic rings. The molecule has 4 aliphatic rings. The number of allylic oxidation sites excluding steroid dienone is 2. The number of amides is 2. The number of likely N-dealkylation sites (tertiary alicyclic amines) is 1. The van der Waals surface area contributed by atoms with Crippen molar-refractivity contribution < 1.29 is 14.3 Å². The van der Waals surface area contributed by atoms with Gasteiger partial charge in [0.1, 0.15) is 0 Å². The van der Waals surface area contributed by atoms with Crippen LogP contribution >= 0.6 is 0 Å². The molecule has 1 heterocycles. The fourth-order valence-corrected chi connectivity index (χ4v) is 5.43. The summed E-state index contributed by atoms with van der Waals surface area (Å²) in [6.07, 6.45) is 12.4. The summed E-state index contributed by atoms with van der Waals surface area (Å²) >= 11 is 0. The molecule has 0 aromatic carbocycles. The molecule has 2 bridgehead atoms. The minimum absolute atomic E-state index is 0.0432. The second kappa shape index (κ2) is 9.28. The molecule has 0 spiro atoms. The van der Waals surface area contributed by atoms with Crippen LogP contribution in [0.2, 0.25) is 0 Å². The van der Waals surface area contributed by atoms with E-state index in [2.05, 4.69) is 27.8 Å². The fourth-order valence-electron chi connectivity index (χ4n) is 5.43. The van der Waals surface area contributed by atoms with Crippen LogP contribution in [0.4, 0.5) is 0 Å². The maximum absolute atomic E-state index is 12.7. The Bertz CT molecular complexity index is 641. The van der Waals surface area contributed by atoms with E-state index in [1.807, 2.05) is 0 Å². The molecule has 0 aromatic heterocycles. The molecular formula is C22H34N4O3. The summed E-state index contributed by atoms with van der Waals surface area (Å²) in [5.74, 6) is 1.22. The Hall–Kier alpha value is -1.89. The van der Waals surface area contributed by atoms with E-state index in [0.717, 1.165) is 38.4 Å². The van der Waals surface area contributed by atoms with Crippen molar-refractivity contribution in [3.63, 3.8) is 0 Å². The largest absolute Gasteiger partial charge is 0.378 e. The highest BCUT2D eigenvalue weighted by Crippen LogP contribution is 2.52. The van der Waals surface area contributed by atoms with Gasteiger partial charge < -0.3 is 15.4 Å². The molecule has 1 saturated heterocycles. The van der Waals surface area contributed by atoms with Gasteiger partial charge in [0.2, 0.25) is 11.8 Å². The minimum Gasteiger partial charge on any atom is -0.378 e. The molecule has 160 valence electrons. The van der Waals surface area contributed by atoms with Crippen molar-refractivity contribution in [1.82, 2.24) is 15.5 Å². The molecule has 3 fully saturated rings. The van der Waals surface area contributed by atoms with Gasteiger partial charge in [-0.05, 0) is 43.9 Å². The van der Waals surface area contributed by atoms with E-state index in [9.17, 15) is 9.59 Å². The van der Waals surface area contributed by atoms with E-state index in [0.29, 0.717) is 19.2 Å². The van der Waals surface area contributed by atoms with Crippen LogP contribution in [0.25, 0.3) is 0 Å². The number of carbonyl (C=O) groups is 2. The second-order valence-electron chi connectivity index (χ2n) is 8.74. The summed E-state index contributed by atoms with van der Waals surface area (Å²) in [5, 5.41) is 6.57. The minimum atomic E-state index is -0.0913. The lowest BCUT2D eigenvalue weighted by atomic mass is 9.85. The number of hydrogen-bond donors (Lipinski definition) is 2. The Kier molecular flexibility index (Phi) is 6.53. The number of rotatable bonds is 9. The monoisotopic (exact) mass is 402 g/mol. The molecule has 3 aliphatic carbocycles. The molecule has 7 heteroatoms. The normalized spacial score (nSPS) is 31.2. The molecule has 4 unspecified atom stereocenters. The molecular weight excluding hydrogens is 368 g/mol. The van der Waals surface area contributed by atoms with Crippen molar-refractivity contribution in [2.45, 2.75) is 51.0 Å². The van der Waals surface area contributed by atoms with Crippen molar-refractivity contribution in [3.05, 3.63) is 12.2 Å². The van der Waals surface area contributed by atoms with Gasteiger partial charge >= 0.3 is 0 Å². The zero-order valence-corrected chi connectivity index (χ0v) is 17.4. The van der Waals surface area contributed by atoms with Gasteiger partial charge in [-0.2, -0.15) is 0 Å². The summed E-state index contributed by atoms with van der Waals surface area (Å²) < 4.78 is 5.87. The van der Waals surface area contributed by atoms with Gasteiger partial charge in [-0.1, -0.05) is 25.0 Å². The Morgan fingerprint density at radius 2 is 1.69 bits per heavy atom. The number of nitrogens with one attached hydrogen (secondary N) is 2. The summed E-state index contributed by atoms with van der Waals surface area (Å²) in [4.78, 5) is 31.1. The molecule has 2 N–H and O–H groups in total. The van der Waals surface area contributed by atoms with Crippen LogP contribution in [-0.2, 0) is 14.3 Å². The van der Waals surface area contributed by atoms with Crippen molar-refractivity contribution in [2.75, 3.05) is 33.3 Å². The van der Waals surface area contributed by atoms with Crippen molar-refractivity contribution in [1.29, 1.82) is 0 Å². The smallest absolute Gasteiger partial charge is 0.233 e. The number of fused-ring (bicyclic) bond motifs is 5. The van der Waals surface area contributed by atoms with E-state index in [4.69, 9.17) is 4.74 Å². The first-order valence-corrected chi connectivity index (χ1v) is 11.3.